The molecule has 18 heavy (non-hydrogen) atoms. The van der Waals surface area contributed by atoms with E-state index in [4.69, 9.17) is 0 Å². The largest absolute Gasteiger partial charge is 0.354 e. The van der Waals surface area contributed by atoms with Gasteiger partial charge in [0, 0.05) is 6.54 Å². The van der Waals surface area contributed by atoms with Crippen molar-refractivity contribution in [2.24, 2.45) is 0 Å². The zero-order chi connectivity index (χ0) is 13.0. The molecule has 0 saturated carbocycles. The lowest BCUT2D eigenvalue weighted by molar-refractivity contribution is -0.124. The molecule has 0 spiro atoms. The number of amides is 2. The van der Waals surface area contributed by atoms with Crippen LogP contribution in [0.15, 0.2) is 0 Å². The van der Waals surface area contributed by atoms with E-state index in [0.717, 1.165) is 36.5 Å². The lowest BCUT2D eigenvalue weighted by Gasteiger charge is -2.22. The minimum atomic E-state index is -0.428. The van der Waals surface area contributed by atoms with Crippen LogP contribution in [0.25, 0.3) is 0 Å². The Hall–Kier alpha value is -1.50. The summed E-state index contributed by atoms with van der Waals surface area (Å²) in [5, 5.41) is 9.44. The van der Waals surface area contributed by atoms with Gasteiger partial charge >= 0.3 is 0 Å². The van der Waals surface area contributed by atoms with E-state index >= 15 is 0 Å². The molecule has 1 fully saturated rings. The predicted molar refractivity (Wildman–Crippen MR) is 67.4 cm³/mol. The molecule has 0 unspecified atom stereocenters. The van der Waals surface area contributed by atoms with Crippen molar-refractivity contribution in [2.45, 2.75) is 38.6 Å². The minimum absolute atomic E-state index is 0.107. The van der Waals surface area contributed by atoms with Gasteiger partial charge in [0.2, 0.25) is 5.91 Å². The number of carbonyl (C=O) groups is 2. The van der Waals surface area contributed by atoms with Gasteiger partial charge in [-0.3, -0.25) is 9.59 Å². The molecule has 2 rings (SSSR count). The van der Waals surface area contributed by atoms with Gasteiger partial charge in [-0.15, -0.1) is 5.10 Å². The predicted octanol–water partition coefficient (Wildman–Crippen LogP) is 0.499. The van der Waals surface area contributed by atoms with Crippen LogP contribution >= 0.6 is 11.5 Å². The second kappa shape index (κ2) is 5.90. The molecule has 98 valence electrons. The van der Waals surface area contributed by atoms with E-state index in [1.807, 2.05) is 6.92 Å². The SMILES string of the molecule is CCCc1nnsc1C(=O)N[C@H]1CCCNC1=O. The third-order valence-corrected chi connectivity index (χ3v) is 3.61. The maximum atomic E-state index is 12.1. The smallest absolute Gasteiger partial charge is 0.265 e. The summed E-state index contributed by atoms with van der Waals surface area (Å²) >= 11 is 1.08. The van der Waals surface area contributed by atoms with Crippen LogP contribution in [-0.4, -0.2) is 34.0 Å². The second-order valence-corrected chi connectivity index (χ2v) is 5.01. The van der Waals surface area contributed by atoms with Crippen molar-refractivity contribution in [1.29, 1.82) is 0 Å². The highest BCUT2D eigenvalue weighted by Crippen LogP contribution is 2.13. The highest BCUT2D eigenvalue weighted by atomic mass is 32.1. The number of carbonyl (C=O) groups excluding carboxylic acids is 2. The number of hydrogen-bond acceptors (Lipinski definition) is 5. The summed E-state index contributed by atoms with van der Waals surface area (Å²) in [4.78, 5) is 24.1. The van der Waals surface area contributed by atoms with Crippen LogP contribution in [0.1, 0.15) is 41.6 Å². The van der Waals surface area contributed by atoms with Gasteiger partial charge in [0.25, 0.3) is 5.91 Å². The first kappa shape index (κ1) is 12.9. The lowest BCUT2D eigenvalue weighted by atomic mass is 10.1. The fourth-order valence-corrected chi connectivity index (χ4v) is 2.53. The van der Waals surface area contributed by atoms with E-state index in [1.54, 1.807) is 0 Å². The van der Waals surface area contributed by atoms with Gasteiger partial charge in [-0.05, 0) is 30.8 Å². The maximum absolute atomic E-state index is 12.1. The van der Waals surface area contributed by atoms with Crippen LogP contribution in [0.3, 0.4) is 0 Å². The highest BCUT2D eigenvalue weighted by molar-refractivity contribution is 7.08. The van der Waals surface area contributed by atoms with Crippen molar-refractivity contribution >= 4 is 23.3 Å². The topological polar surface area (TPSA) is 84.0 Å². The standard InChI is InChI=1S/C11H16N4O2S/c1-2-4-7-9(18-15-14-7)11(17)13-8-5-3-6-12-10(8)16/h8H,2-6H2,1H3,(H,12,16)(H,13,17)/t8-/m0/s1. The van der Waals surface area contributed by atoms with Crippen LogP contribution in [0.4, 0.5) is 0 Å². The van der Waals surface area contributed by atoms with Crippen LogP contribution < -0.4 is 10.6 Å². The molecule has 1 aromatic heterocycles. The van der Waals surface area contributed by atoms with E-state index in [0.29, 0.717) is 17.8 Å². The summed E-state index contributed by atoms with van der Waals surface area (Å²) in [5.74, 6) is -0.348. The van der Waals surface area contributed by atoms with E-state index in [9.17, 15) is 9.59 Å². The molecular weight excluding hydrogens is 252 g/mol. The number of nitrogens with one attached hydrogen (secondary N) is 2. The third kappa shape index (κ3) is 2.84. The van der Waals surface area contributed by atoms with Crippen molar-refractivity contribution in [3.05, 3.63) is 10.6 Å². The molecule has 1 saturated heterocycles. The first-order valence-corrected chi connectivity index (χ1v) is 6.89. The van der Waals surface area contributed by atoms with Gasteiger partial charge in [0.05, 0.1) is 5.69 Å². The first-order chi connectivity index (χ1) is 8.72. The number of rotatable bonds is 4. The molecule has 1 aliphatic rings. The molecule has 1 aromatic rings. The quantitative estimate of drug-likeness (QED) is 0.833. The second-order valence-electron chi connectivity index (χ2n) is 4.26. The van der Waals surface area contributed by atoms with Crippen molar-refractivity contribution < 1.29 is 9.59 Å². The molecule has 1 aliphatic heterocycles. The first-order valence-electron chi connectivity index (χ1n) is 6.12. The van der Waals surface area contributed by atoms with Crippen LogP contribution in [0, 0.1) is 0 Å². The summed E-state index contributed by atoms with van der Waals surface area (Å²) in [7, 11) is 0. The fourth-order valence-electron chi connectivity index (χ4n) is 1.92. The lowest BCUT2D eigenvalue weighted by Crippen LogP contribution is -2.50. The number of aromatic nitrogens is 2. The molecule has 2 amide bonds. The summed E-state index contributed by atoms with van der Waals surface area (Å²) in [5.41, 5.74) is 0.719. The molecule has 2 N–H and O–H groups in total. The molecule has 0 aromatic carbocycles. The van der Waals surface area contributed by atoms with E-state index in [1.165, 1.54) is 0 Å². The number of aryl methyl sites for hydroxylation is 1. The molecule has 2 heterocycles. The summed E-state index contributed by atoms with van der Waals surface area (Å²) in [6.07, 6.45) is 3.22. The number of hydrogen-bond donors (Lipinski definition) is 2. The Morgan fingerprint density at radius 3 is 3.17 bits per heavy atom. The Balaban J connectivity index is 2.02. The van der Waals surface area contributed by atoms with Crippen molar-refractivity contribution in [3.8, 4) is 0 Å². The molecule has 7 heteroatoms. The fraction of sp³-hybridized carbons (Fsp3) is 0.636. The van der Waals surface area contributed by atoms with Crippen molar-refractivity contribution in [3.63, 3.8) is 0 Å². The normalized spacial score (nSPS) is 19.4. The monoisotopic (exact) mass is 268 g/mol. The molecule has 1 atom stereocenters. The highest BCUT2D eigenvalue weighted by Gasteiger charge is 2.25. The minimum Gasteiger partial charge on any atom is -0.354 e. The molecular formula is C11H16N4O2S. The number of nitrogens with zero attached hydrogens (tertiary/aromatic N) is 2. The zero-order valence-electron chi connectivity index (χ0n) is 10.2. The van der Waals surface area contributed by atoms with Crippen molar-refractivity contribution in [1.82, 2.24) is 20.2 Å². The van der Waals surface area contributed by atoms with Gasteiger partial charge < -0.3 is 10.6 Å². The number of piperidine rings is 1. The average Bonchev–Trinajstić information content (AvgIpc) is 2.81. The van der Waals surface area contributed by atoms with E-state index < -0.39 is 6.04 Å². The third-order valence-electron chi connectivity index (χ3n) is 2.84. The van der Waals surface area contributed by atoms with Gasteiger partial charge in [0.15, 0.2) is 0 Å². The van der Waals surface area contributed by atoms with Crippen molar-refractivity contribution in [2.75, 3.05) is 6.54 Å². The summed E-state index contributed by atoms with van der Waals surface area (Å²) in [6, 6.07) is -0.428. The Labute approximate surface area is 109 Å². The Kier molecular flexibility index (Phi) is 4.24. The molecule has 0 bridgehead atoms. The zero-order valence-corrected chi connectivity index (χ0v) is 11.0. The van der Waals surface area contributed by atoms with Crippen LogP contribution in [-0.2, 0) is 11.2 Å². The Bertz CT molecular complexity index is 446. The van der Waals surface area contributed by atoms with Gasteiger partial charge in [-0.25, -0.2) is 0 Å². The molecule has 0 aliphatic carbocycles. The summed E-state index contributed by atoms with van der Waals surface area (Å²) < 4.78 is 3.80. The Morgan fingerprint density at radius 1 is 1.61 bits per heavy atom. The van der Waals surface area contributed by atoms with Gasteiger partial charge in [-0.1, -0.05) is 17.8 Å². The average molecular weight is 268 g/mol. The van der Waals surface area contributed by atoms with Gasteiger partial charge in [-0.2, -0.15) is 0 Å². The Morgan fingerprint density at radius 2 is 2.44 bits per heavy atom. The molecule has 6 nitrogen and oxygen atoms in total. The van der Waals surface area contributed by atoms with Crippen LogP contribution in [0.5, 0.6) is 0 Å². The maximum Gasteiger partial charge on any atom is 0.265 e. The van der Waals surface area contributed by atoms with E-state index in [2.05, 4.69) is 20.2 Å². The summed E-state index contributed by atoms with van der Waals surface area (Å²) in [6.45, 7) is 2.71. The van der Waals surface area contributed by atoms with Crippen LogP contribution in [0.2, 0.25) is 0 Å². The molecule has 0 radical (unpaired) electrons. The van der Waals surface area contributed by atoms with Gasteiger partial charge in [0.1, 0.15) is 10.9 Å². The van der Waals surface area contributed by atoms with E-state index in [-0.39, 0.29) is 11.8 Å².